The fourth-order valence-corrected chi connectivity index (χ4v) is 3.13. The quantitative estimate of drug-likeness (QED) is 0.730. The molecule has 1 saturated heterocycles. The zero-order valence-corrected chi connectivity index (χ0v) is 14.3. The third-order valence-electron chi connectivity index (χ3n) is 4.75. The minimum Gasteiger partial charge on any atom is -0.334 e. The highest BCUT2D eigenvalue weighted by Gasteiger charge is 2.34. The van der Waals surface area contributed by atoms with Gasteiger partial charge in [-0.25, -0.2) is 0 Å². The van der Waals surface area contributed by atoms with Gasteiger partial charge in [-0.3, -0.25) is 4.79 Å². The smallest absolute Gasteiger partial charge is 0.257 e. The van der Waals surface area contributed by atoms with Crippen LogP contribution in [0.2, 0.25) is 0 Å². The van der Waals surface area contributed by atoms with Gasteiger partial charge < -0.3 is 9.42 Å². The van der Waals surface area contributed by atoms with Gasteiger partial charge in [-0.15, -0.1) is 0 Å². The molecular weight excluding hydrogens is 314 g/mol. The van der Waals surface area contributed by atoms with Crippen LogP contribution in [0.4, 0.5) is 5.69 Å². The molecule has 0 radical (unpaired) electrons. The third-order valence-corrected chi connectivity index (χ3v) is 4.75. The van der Waals surface area contributed by atoms with Crippen LogP contribution in [0.1, 0.15) is 29.3 Å². The van der Waals surface area contributed by atoms with Crippen LogP contribution in [0.25, 0.3) is 11.5 Å². The Morgan fingerprint density at radius 1 is 1.08 bits per heavy atom. The van der Waals surface area contributed by atoms with Crippen LogP contribution in [-0.4, -0.2) is 22.6 Å². The number of carbonyl (C=O) groups is 1. The maximum absolute atomic E-state index is 12.4. The topological polar surface area (TPSA) is 59.2 Å². The Labute approximate surface area is 146 Å². The predicted molar refractivity (Wildman–Crippen MR) is 95.4 cm³/mol. The van der Waals surface area contributed by atoms with Gasteiger partial charge in [0.25, 0.3) is 5.89 Å². The summed E-state index contributed by atoms with van der Waals surface area (Å²) in [7, 11) is 0. The van der Waals surface area contributed by atoms with Crippen molar-refractivity contribution in [1.29, 1.82) is 0 Å². The lowest BCUT2D eigenvalue weighted by Gasteiger charge is -2.15. The number of aryl methyl sites for hydroxylation is 2. The molecule has 0 bridgehead atoms. The Bertz CT molecular complexity index is 918. The van der Waals surface area contributed by atoms with Crippen LogP contribution in [-0.2, 0) is 4.79 Å². The molecule has 4 rings (SSSR count). The molecule has 3 aromatic rings. The molecule has 5 nitrogen and oxygen atoms in total. The fraction of sp³-hybridized carbons (Fsp3) is 0.250. The number of hydrogen-bond acceptors (Lipinski definition) is 4. The second-order valence-corrected chi connectivity index (χ2v) is 6.50. The van der Waals surface area contributed by atoms with Crippen LogP contribution in [0.3, 0.4) is 0 Å². The largest absolute Gasteiger partial charge is 0.334 e. The number of rotatable bonds is 3. The molecule has 0 aliphatic carbocycles. The van der Waals surface area contributed by atoms with E-state index in [2.05, 4.69) is 24.0 Å². The molecule has 1 fully saturated rings. The van der Waals surface area contributed by atoms with E-state index in [-0.39, 0.29) is 11.8 Å². The summed E-state index contributed by atoms with van der Waals surface area (Å²) >= 11 is 0. The summed E-state index contributed by atoms with van der Waals surface area (Å²) in [6.45, 7) is 4.71. The highest BCUT2D eigenvalue weighted by molar-refractivity contribution is 5.96. The van der Waals surface area contributed by atoms with E-state index in [4.69, 9.17) is 4.52 Å². The van der Waals surface area contributed by atoms with Gasteiger partial charge in [-0.1, -0.05) is 29.4 Å². The van der Waals surface area contributed by atoms with Crippen molar-refractivity contribution >= 4 is 11.6 Å². The fourth-order valence-electron chi connectivity index (χ4n) is 3.13. The first kappa shape index (κ1) is 15.6. The van der Waals surface area contributed by atoms with Crippen molar-refractivity contribution in [3.63, 3.8) is 0 Å². The normalized spacial score (nSPS) is 17.3. The first-order valence-corrected chi connectivity index (χ1v) is 8.38. The van der Waals surface area contributed by atoms with E-state index < -0.39 is 0 Å². The van der Waals surface area contributed by atoms with E-state index in [1.165, 1.54) is 11.1 Å². The van der Waals surface area contributed by atoms with E-state index in [1.807, 2.05) is 48.5 Å². The number of aromatic nitrogens is 2. The van der Waals surface area contributed by atoms with Gasteiger partial charge in [0.05, 0.1) is 0 Å². The highest BCUT2D eigenvalue weighted by Crippen LogP contribution is 2.31. The van der Waals surface area contributed by atoms with Crippen LogP contribution in [0.5, 0.6) is 0 Å². The molecule has 1 unspecified atom stereocenters. The van der Waals surface area contributed by atoms with Gasteiger partial charge in [0, 0.05) is 30.1 Å². The number of benzene rings is 2. The second-order valence-electron chi connectivity index (χ2n) is 6.50. The molecule has 0 N–H and O–H groups in total. The molecule has 1 aliphatic rings. The Morgan fingerprint density at radius 2 is 1.88 bits per heavy atom. The lowest BCUT2D eigenvalue weighted by atomic mass is 10.1. The molecule has 1 amide bonds. The maximum atomic E-state index is 12.4. The third kappa shape index (κ3) is 2.93. The maximum Gasteiger partial charge on any atom is 0.257 e. The molecule has 0 saturated carbocycles. The molecule has 2 aromatic carbocycles. The van der Waals surface area contributed by atoms with Crippen LogP contribution >= 0.6 is 0 Å². The van der Waals surface area contributed by atoms with Crippen molar-refractivity contribution in [3.8, 4) is 11.5 Å². The van der Waals surface area contributed by atoms with Crippen LogP contribution < -0.4 is 4.90 Å². The lowest BCUT2D eigenvalue weighted by Crippen LogP contribution is -2.24. The van der Waals surface area contributed by atoms with E-state index in [0.717, 1.165) is 11.3 Å². The summed E-state index contributed by atoms with van der Waals surface area (Å²) < 4.78 is 5.44. The molecule has 1 aromatic heterocycles. The Kier molecular flexibility index (Phi) is 3.84. The van der Waals surface area contributed by atoms with Gasteiger partial charge in [-0.2, -0.15) is 4.98 Å². The van der Waals surface area contributed by atoms with Crippen molar-refractivity contribution in [2.45, 2.75) is 26.2 Å². The summed E-state index contributed by atoms with van der Waals surface area (Å²) in [5.41, 5.74) is 4.23. The summed E-state index contributed by atoms with van der Waals surface area (Å²) in [4.78, 5) is 18.7. The number of carbonyl (C=O) groups excluding carboxylic acids is 1. The minimum absolute atomic E-state index is 0.0447. The van der Waals surface area contributed by atoms with Gasteiger partial charge in [0.1, 0.15) is 0 Å². The van der Waals surface area contributed by atoms with Gasteiger partial charge in [-0.05, 0) is 49.2 Å². The summed E-state index contributed by atoms with van der Waals surface area (Å²) in [5, 5.41) is 4.12. The van der Waals surface area contributed by atoms with Crippen molar-refractivity contribution < 1.29 is 9.32 Å². The zero-order chi connectivity index (χ0) is 17.4. The van der Waals surface area contributed by atoms with Gasteiger partial charge in [0.2, 0.25) is 5.91 Å². The molecule has 25 heavy (non-hydrogen) atoms. The summed E-state index contributed by atoms with van der Waals surface area (Å²) in [6, 6.07) is 15.8. The van der Waals surface area contributed by atoms with E-state index in [9.17, 15) is 4.79 Å². The van der Waals surface area contributed by atoms with Gasteiger partial charge in [0.15, 0.2) is 5.82 Å². The van der Waals surface area contributed by atoms with Crippen molar-refractivity contribution in [2.75, 3.05) is 11.4 Å². The molecule has 2 heterocycles. The highest BCUT2D eigenvalue weighted by atomic mass is 16.5. The first-order valence-electron chi connectivity index (χ1n) is 8.38. The lowest BCUT2D eigenvalue weighted by molar-refractivity contribution is -0.117. The number of amides is 1. The Morgan fingerprint density at radius 3 is 2.64 bits per heavy atom. The number of nitrogens with zero attached hydrogens (tertiary/aromatic N) is 3. The zero-order valence-electron chi connectivity index (χ0n) is 14.3. The van der Waals surface area contributed by atoms with Crippen molar-refractivity contribution in [1.82, 2.24) is 10.1 Å². The van der Waals surface area contributed by atoms with Crippen molar-refractivity contribution in [2.24, 2.45) is 0 Å². The standard InChI is InChI=1S/C20H19N3O2/c1-13-8-9-15(10-14(13)2)20-21-19(22-25-20)16-11-18(24)23(12-16)17-6-4-3-5-7-17/h3-10,16H,11-12H2,1-2H3. The molecule has 1 aliphatic heterocycles. The van der Waals surface area contributed by atoms with Gasteiger partial charge >= 0.3 is 0 Å². The Balaban J connectivity index is 1.56. The molecule has 1 atom stereocenters. The minimum atomic E-state index is -0.0447. The monoisotopic (exact) mass is 333 g/mol. The molecule has 5 heteroatoms. The van der Waals surface area contributed by atoms with Crippen LogP contribution in [0, 0.1) is 13.8 Å². The summed E-state index contributed by atoms with van der Waals surface area (Å²) in [6.07, 6.45) is 0.404. The van der Waals surface area contributed by atoms with E-state index in [0.29, 0.717) is 24.7 Å². The van der Waals surface area contributed by atoms with Crippen molar-refractivity contribution in [3.05, 3.63) is 65.5 Å². The SMILES string of the molecule is Cc1ccc(-c2nc(C3CC(=O)N(c4ccccc4)C3)no2)cc1C. The average molecular weight is 333 g/mol. The predicted octanol–water partition coefficient (Wildman–Crippen LogP) is 3.87. The number of anilines is 1. The molecule has 126 valence electrons. The second kappa shape index (κ2) is 6.16. The van der Waals surface area contributed by atoms with E-state index in [1.54, 1.807) is 4.90 Å². The number of para-hydroxylation sites is 1. The summed E-state index contributed by atoms with van der Waals surface area (Å²) in [5.74, 6) is 1.15. The van der Waals surface area contributed by atoms with Crippen LogP contribution in [0.15, 0.2) is 53.1 Å². The molecular formula is C20H19N3O2. The van der Waals surface area contributed by atoms with E-state index >= 15 is 0 Å². The average Bonchev–Trinajstić information content (AvgIpc) is 3.25. The Hall–Kier alpha value is -2.95. The molecule has 0 spiro atoms. The number of hydrogen-bond donors (Lipinski definition) is 0. The first-order chi connectivity index (χ1) is 12.1.